The predicted molar refractivity (Wildman–Crippen MR) is 115 cm³/mol. The first kappa shape index (κ1) is 20.1. The number of benzene rings is 3. The molecule has 0 aromatic heterocycles. The highest BCUT2D eigenvalue weighted by molar-refractivity contribution is 5.98. The molecule has 0 aliphatic carbocycles. The van der Waals surface area contributed by atoms with Crippen molar-refractivity contribution in [2.75, 3.05) is 11.9 Å². The summed E-state index contributed by atoms with van der Waals surface area (Å²) >= 11 is 0. The van der Waals surface area contributed by atoms with Crippen LogP contribution < -0.4 is 11.1 Å². The van der Waals surface area contributed by atoms with Crippen molar-refractivity contribution in [3.8, 4) is 0 Å². The Bertz CT molecular complexity index is 919. The zero-order chi connectivity index (χ0) is 19.9. The Hall–Kier alpha value is -2.69. The molecule has 3 N–H and O–H groups in total. The van der Waals surface area contributed by atoms with Gasteiger partial charge in [-0.1, -0.05) is 54.6 Å². The van der Waals surface area contributed by atoms with E-state index in [4.69, 9.17) is 10.5 Å². The molecule has 4 heteroatoms. The van der Waals surface area contributed by atoms with Gasteiger partial charge in [-0.25, -0.2) is 0 Å². The van der Waals surface area contributed by atoms with Gasteiger partial charge in [0, 0.05) is 5.69 Å². The van der Waals surface area contributed by atoms with E-state index in [9.17, 15) is 4.79 Å². The lowest BCUT2D eigenvalue weighted by Crippen LogP contribution is -2.23. The SMILES string of the molecule is CC(C)OCc1ccc(C(CCN)C(=O)Nc2ccc3ccccc3c2)cc1. The van der Waals surface area contributed by atoms with Crippen molar-refractivity contribution in [3.63, 3.8) is 0 Å². The van der Waals surface area contributed by atoms with E-state index < -0.39 is 0 Å². The number of amides is 1. The summed E-state index contributed by atoms with van der Waals surface area (Å²) in [6.07, 6.45) is 0.791. The lowest BCUT2D eigenvalue weighted by molar-refractivity contribution is -0.117. The molecule has 0 aliphatic heterocycles. The lowest BCUT2D eigenvalue weighted by atomic mass is 9.93. The highest BCUT2D eigenvalue weighted by Gasteiger charge is 2.20. The Morgan fingerprint density at radius 3 is 2.39 bits per heavy atom. The average molecular weight is 377 g/mol. The summed E-state index contributed by atoms with van der Waals surface area (Å²) in [5, 5.41) is 5.31. The van der Waals surface area contributed by atoms with Gasteiger partial charge in [0.05, 0.1) is 18.6 Å². The van der Waals surface area contributed by atoms with Crippen molar-refractivity contribution in [1.82, 2.24) is 0 Å². The molecule has 1 amide bonds. The van der Waals surface area contributed by atoms with Crippen molar-refractivity contribution < 1.29 is 9.53 Å². The van der Waals surface area contributed by atoms with Crippen molar-refractivity contribution in [3.05, 3.63) is 77.9 Å². The zero-order valence-corrected chi connectivity index (χ0v) is 16.5. The molecule has 28 heavy (non-hydrogen) atoms. The molecule has 1 unspecified atom stereocenters. The highest BCUT2D eigenvalue weighted by Crippen LogP contribution is 2.24. The third kappa shape index (κ3) is 5.18. The number of fused-ring (bicyclic) bond motifs is 1. The van der Waals surface area contributed by atoms with Gasteiger partial charge < -0.3 is 15.8 Å². The second-order valence-electron chi connectivity index (χ2n) is 7.28. The fraction of sp³-hybridized carbons (Fsp3) is 0.292. The van der Waals surface area contributed by atoms with Crippen molar-refractivity contribution in [1.29, 1.82) is 0 Å². The number of hydrogen-bond acceptors (Lipinski definition) is 3. The molecule has 0 saturated carbocycles. The molecule has 4 nitrogen and oxygen atoms in total. The van der Waals surface area contributed by atoms with Crippen LogP contribution in [0.3, 0.4) is 0 Å². The molecule has 0 heterocycles. The van der Waals surface area contributed by atoms with Crippen molar-refractivity contribution in [2.24, 2.45) is 5.73 Å². The van der Waals surface area contributed by atoms with Gasteiger partial charge in [0.2, 0.25) is 5.91 Å². The summed E-state index contributed by atoms with van der Waals surface area (Å²) in [6.45, 7) is 5.06. The molecule has 0 spiro atoms. The smallest absolute Gasteiger partial charge is 0.231 e. The Morgan fingerprint density at radius 2 is 1.71 bits per heavy atom. The topological polar surface area (TPSA) is 64.3 Å². The first-order valence-electron chi connectivity index (χ1n) is 9.77. The van der Waals surface area contributed by atoms with Gasteiger partial charge in [-0.15, -0.1) is 0 Å². The monoisotopic (exact) mass is 376 g/mol. The van der Waals surface area contributed by atoms with Gasteiger partial charge in [0.15, 0.2) is 0 Å². The lowest BCUT2D eigenvalue weighted by Gasteiger charge is -2.17. The molecular formula is C24H28N2O2. The van der Waals surface area contributed by atoms with Gasteiger partial charge in [-0.05, 0) is 60.8 Å². The number of carbonyl (C=O) groups is 1. The molecule has 0 fully saturated rings. The summed E-state index contributed by atoms with van der Waals surface area (Å²) in [5.41, 5.74) is 8.65. The Balaban J connectivity index is 1.73. The van der Waals surface area contributed by atoms with E-state index in [2.05, 4.69) is 11.4 Å². The maximum atomic E-state index is 12.9. The van der Waals surface area contributed by atoms with E-state index in [1.54, 1.807) is 0 Å². The van der Waals surface area contributed by atoms with Gasteiger partial charge in [-0.3, -0.25) is 4.79 Å². The molecule has 0 aliphatic rings. The number of carbonyl (C=O) groups excluding carboxylic acids is 1. The van der Waals surface area contributed by atoms with Gasteiger partial charge >= 0.3 is 0 Å². The zero-order valence-electron chi connectivity index (χ0n) is 16.5. The third-order valence-corrected chi connectivity index (χ3v) is 4.75. The predicted octanol–water partition coefficient (Wildman–Crippen LogP) is 4.84. The molecule has 0 saturated heterocycles. The minimum atomic E-state index is -0.281. The number of nitrogens with one attached hydrogen (secondary N) is 1. The first-order valence-corrected chi connectivity index (χ1v) is 9.77. The van der Waals surface area contributed by atoms with Crippen LogP contribution in [0, 0.1) is 0 Å². The standard InChI is InChI=1S/C24H28N2O2/c1-17(2)28-16-18-7-9-20(10-8-18)23(13-14-25)24(27)26-22-12-11-19-5-3-4-6-21(19)15-22/h3-12,15,17,23H,13-14,16,25H2,1-2H3,(H,26,27). The van der Waals surface area contributed by atoms with E-state index in [-0.39, 0.29) is 17.9 Å². The summed E-state index contributed by atoms with van der Waals surface area (Å²) in [6, 6.07) is 22.1. The van der Waals surface area contributed by atoms with Gasteiger partial charge in [0.1, 0.15) is 0 Å². The summed E-state index contributed by atoms with van der Waals surface area (Å²) in [7, 11) is 0. The van der Waals surface area contributed by atoms with Crippen LogP contribution in [0.4, 0.5) is 5.69 Å². The third-order valence-electron chi connectivity index (χ3n) is 4.75. The van der Waals surface area contributed by atoms with Crippen LogP contribution >= 0.6 is 0 Å². The molecule has 0 radical (unpaired) electrons. The van der Waals surface area contributed by atoms with Crippen LogP contribution in [0.1, 0.15) is 37.3 Å². The molecule has 146 valence electrons. The highest BCUT2D eigenvalue weighted by atomic mass is 16.5. The number of ether oxygens (including phenoxy) is 1. The van der Waals surface area contributed by atoms with Gasteiger partial charge in [0.25, 0.3) is 0 Å². The fourth-order valence-electron chi connectivity index (χ4n) is 3.22. The molecule has 3 rings (SSSR count). The Kier molecular flexibility index (Phi) is 6.80. The Morgan fingerprint density at radius 1 is 1.00 bits per heavy atom. The number of nitrogens with two attached hydrogens (primary N) is 1. The van der Waals surface area contributed by atoms with Crippen molar-refractivity contribution in [2.45, 2.75) is 38.9 Å². The van der Waals surface area contributed by atoms with Crippen molar-refractivity contribution >= 4 is 22.4 Å². The van der Waals surface area contributed by atoms with E-state index in [1.165, 1.54) is 0 Å². The van der Waals surface area contributed by atoms with Gasteiger partial charge in [-0.2, -0.15) is 0 Å². The molecular weight excluding hydrogens is 348 g/mol. The maximum Gasteiger partial charge on any atom is 0.231 e. The second kappa shape index (κ2) is 9.49. The average Bonchev–Trinajstić information content (AvgIpc) is 2.71. The second-order valence-corrected chi connectivity index (χ2v) is 7.28. The number of anilines is 1. The summed E-state index contributed by atoms with van der Waals surface area (Å²) in [4.78, 5) is 12.9. The Labute approximate surface area is 166 Å². The van der Waals surface area contributed by atoms with Crippen LogP contribution in [0.25, 0.3) is 10.8 Å². The number of hydrogen-bond donors (Lipinski definition) is 2. The minimum Gasteiger partial charge on any atom is -0.374 e. The van der Waals surface area contributed by atoms with Crippen LogP contribution in [-0.4, -0.2) is 18.6 Å². The van der Waals surface area contributed by atoms with Crippen LogP contribution in [0.2, 0.25) is 0 Å². The van der Waals surface area contributed by atoms with E-state index >= 15 is 0 Å². The summed E-state index contributed by atoms with van der Waals surface area (Å²) in [5.74, 6) is -0.316. The molecule has 0 bridgehead atoms. The van der Waals surface area contributed by atoms with E-state index in [0.717, 1.165) is 27.6 Å². The maximum absolute atomic E-state index is 12.9. The van der Waals surface area contributed by atoms with E-state index in [1.807, 2.05) is 74.5 Å². The largest absolute Gasteiger partial charge is 0.374 e. The quantitative estimate of drug-likeness (QED) is 0.591. The summed E-state index contributed by atoms with van der Waals surface area (Å²) < 4.78 is 5.64. The van der Waals surface area contributed by atoms with Crippen LogP contribution in [0.5, 0.6) is 0 Å². The molecule has 3 aromatic carbocycles. The van der Waals surface area contributed by atoms with E-state index in [0.29, 0.717) is 19.6 Å². The fourth-order valence-corrected chi connectivity index (χ4v) is 3.22. The first-order chi connectivity index (χ1) is 13.6. The minimum absolute atomic E-state index is 0.0353. The normalized spacial score (nSPS) is 12.3. The van der Waals surface area contributed by atoms with Crippen LogP contribution in [0.15, 0.2) is 66.7 Å². The molecule has 1 atom stereocenters. The van der Waals surface area contributed by atoms with Crippen LogP contribution in [-0.2, 0) is 16.1 Å². The molecule has 3 aromatic rings. The number of rotatable bonds is 8.